The Labute approximate surface area is 309 Å². The molecule has 2 atom stereocenters. The summed E-state index contributed by atoms with van der Waals surface area (Å²) < 4.78 is 37.0. The number of methoxy groups -OCH3 is 1. The number of alkyl halides is 3. The summed E-state index contributed by atoms with van der Waals surface area (Å²) in [4.78, 5) is 76.3. The number of nitrogens with zero attached hydrogens (tertiary/aromatic N) is 2. The van der Waals surface area contributed by atoms with Crippen LogP contribution in [0.2, 0.25) is 0 Å². The number of halogens is 3. The molecule has 1 unspecified atom stereocenters. The first-order valence-corrected chi connectivity index (χ1v) is 16.9. The van der Waals surface area contributed by atoms with E-state index in [1.807, 2.05) is 0 Å². The molecular weight excluding hydrogens is 719 g/mol. The lowest BCUT2D eigenvalue weighted by Gasteiger charge is -2.41. The number of carboxylic acid groups (broad SMARTS) is 2. The number of rotatable bonds is 18. The van der Waals surface area contributed by atoms with Gasteiger partial charge in [0, 0.05) is 43.6 Å². The Hall–Kier alpha value is -5.72. The number of carbonyl (C=O) groups excluding carboxylic acids is 4. The molecule has 1 fully saturated rings. The number of hydrogen-bond donors (Lipinski definition) is 7. The quantitative estimate of drug-likeness (QED) is 0.0650. The van der Waals surface area contributed by atoms with E-state index in [1.165, 1.54) is 41.2 Å². The first-order valence-electron chi connectivity index (χ1n) is 16.9. The van der Waals surface area contributed by atoms with Gasteiger partial charge in [-0.15, -0.1) is 0 Å². The predicted molar refractivity (Wildman–Crippen MR) is 189 cm³/mol. The summed E-state index contributed by atoms with van der Waals surface area (Å²) >= 11 is 0. The molecule has 0 saturated carbocycles. The van der Waals surface area contributed by atoms with Crippen molar-refractivity contribution in [2.45, 2.75) is 63.2 Å². The molecule has 2 aromatic carbocycles. The van der Waals surface area contributed by atoms with Crippen molar-refractivity contribution in [3.8, 4) is 5.75 Å². The number of nitrogens with one attached hydrogen (secondary N) is 3. The molecule has 3 rings (SSSR count). The second-order valence-electron chi connectivity index (χ2n) is 12.2. The molecule has 16 nitrogen and oxygen atoms in total. The maximum absolute atomic E-state index is 14.2. The zero-order valence-corrected chi connectivity index (χ0v) is 29.7. The van der Waals surface area contributed by atoms with Crippen LogP contribution in [0.15, 0.2) is 48.5 Å². The van der Waals surface area contributed by atoms with Crippen LogP contribution >= 0.6 is 0 Å². The van der Waals surface area contributed by atoms with Crippen molar-refractivity contribution >= 4 is 41.4 Å². The number of amides is 4. The van der Waals surface area contributed by atoms with Gasteiger partial charge in [-0.25, -0.2) is 4.79 Å². The van der Waals surface area contributed by atoms with Crippen molar-refractivity contribution in [1.82, 2.24) is 20.4 Å². The van der Waals surface area contributed by atoms with Gasteiger partial charge < -0.3 is 46.9 Å². The molecule has 9 N–H and O–H groups in total. The number of amidine groups is 1. The lowest BCUT2D eigenvalue weighted by molar-refractivity contribution is -0.192. The highest BCUT2D eigenvalue weighted by Crippen LogP contribution is 2.20. The highest BCUT2D eigenvalue weighted by molar-refractivity contribution is 6.00. The van der Waals surface area contributed by atoms with E-state index in [4.69, 9.17) is 31.5 Å². The van der Waals surface area contributed by atoms with Crippen LogP contribution in [0.5, 0.6) is 5.75 Å². The fraction of sp³-hybridized carbons (Fsp3) is 0.457. The van der Waals surface area contributed by atoms with E-state index in [0.717, 1.165) is 24.8 Å². The zero-order valence-electron chi connectivity index (χ0n) is 29.7. The number of carboxylic acids is 2. The Morgan fingerprint density at radius 3 is 2.11 bits per heavy atom. The molecule has 0 aliphatic carbocycles. The SMILES string of the molecule is COc1ccc(CC(NC(=O)c2ccc(C(=N)N)cc2)C(=O)N2CCN(CC(=O)O)C(=O)[C@@H]2CCCNC(=O)CCCCCN)cc1.O=C(O)C(F)(F)F. The molecule has 1 aliphatic rings. The Kier molecular flexibility index (Phi) is 17.9. The van der Waals surface area contributed by atoms with Crippen molar-refractivity contribution in [3.63, 3.8) is 0 Å². The molecular formula is C35H46F3N7O9. The summed E-state index contributed by atoms with van der Waals surface area (Å²) in [6.45, 7) is 0.437. The summed E-state index contributed by atoms with van der Waals surface area (Å²) in [7, 11) is 1.54. The first kappa shape index (κ1) is 44.4. The summed E-state index contributed by atoms with van der Waals surface area (Å²) in [5, 5.41) is 29.7. The van der Waals surface area contributed by atoms with E-state index < -0.39 is 54.5 Å². The van der Waals surface area contributed by atoms with Crippen LogP contribution in [0.1, 0.15) is 60.0 Å². The fourth-order valence-corrected chi connectivity index (χ4v) is 5.36. The predicted octanol–water partition coefficient (Wildman–Crippen LogP) is 1.49. The summed E-state index contributed by atoms with van der Waals surface area (Å²) in [5.74, 6) is -5.10. The van der Waals surface area contributed by atoms with Crippen LogP contribution in [-0.2, 0) is 30.4 Å². The minimum Gasteiger partial charge on any atom is -0.497 e. The van der Waals surface area contributed by atoms with Gasteiger partial charge in [-0.1, -0.05) is 30.7 Å². The van der Waals surface area contributed by atoms with Crippen LogP contribution in [-0.4, -0.2) is 120 Å². The number of benzene rings is 2. The number of aliphatic carboxylic acids is 2. The van der Waals surface area contributed by atoms with E-state index in [1.54, 1.807) is 24.3 Å². The van der Waals surface area contributed by atoms with Crippen molar-refractivity contribution in [3.05, 3.63) is 65.2 Å². The van der Waals surface area contributed by atoms with Gasteiger partial charge in [-0.3, -0.25) is 29.4 Å². The second-order valence-corrected chi connectivity index (χ2v) is 12.2. The fourth-order valence-electron chi connectivity index (χ4n) is 5.36. The average Bonchev–Trinajstić information content (AvgIpc) is 3.12. The summed E-state index contributed by atoms with van der Waals surface area (Å²) in [6, 6.07) is 11.1. The molecule has 19 heteroatoms. The van der Waals surface area contributed by atoms with Crippen molar-refractivity contribution in [2.75, 3.05) is 39.8 Å². The molecule has 1 aliphatic heterocycles. The Bertz CT molecular complexity index is 1610. The van der Waals surface area contributed by atoms with E-state index in [0.29, 0.717) is 30.7 Å². The highest BCUT2D eigenvalue weighted by atomic mass is 19.4. The molecule has 0 spiro atoms. The largest absolute Gasteiger partial charge is 0.497 e. The summed E-state index contributed by atoms with van der Waals surface area (Å²) in [5.41, 5.74) is 12.5. The standard InChI is InChI=1S/C33H45N7O7.C2HF3O2/c1-47-25-14-8-22(9-15-25)20-26(38-31(44)24-12-10-23(11-13-24)30(35)36)32(45)40-19-18-39(21-29(42)43)33(46)27(40)6-5-17-37-28(41)7-3-2-4-16-34;3-2(4,5)1(6)7/h8-15,26-27H,2-7,16-21,34H2,1H3,(H3,35,36)(H,37,41)(H,38,44)(H,42,43);(H,6,7)/t26?,27-;/m0./s1. The highest BCUT2D eigenvalue weighted by Gasteiger charge is 2.40. The van der Waals surface area contributed by atoms with Crippen molar-refractivity contribution in [2.24, 2.45) is 11.5 Å². The van der Waals surface area contributed by atoms with E-state index >= 15 is 0 Å². The van der Waals surface area contributed by atoms with Crippen LogP contribution in [0.25, 0.3) is 0 Å². The van der Waals surface area contributed by atoms with Gasteiger partial charge in [0.15, 0.2) is 0 Å². The van der Waals surface area contributed by atoms with Gasteiger partial charge in [0.25, 0.3) is 5.91 Å². The molecule has 1 heterocycles. The van der Waals surface area contributed by atoms with Gasteiger partial charge in [0.1, 0.15) is 30.2 Å². The third-order valence-corrected chi connectivity index (χ3v) is 8.18. The van der Waals surface area contributed by atoms with Crippen molar-refractivity contribution in [1.29, 1.82) is 5.41 Å². The van der Waals surface area contributed by atoms with Crippen LogP contribution in [0.3, 0.4) is 0 Å². The number of piperazine rings is 1. The Morgan fingerprint density at radius 1 is 0.963 bits per heavy atom. The third kappa shape index (κ3) is 14.7. The molecule has 0 bridgehead atoms. The van der Waals surface area contributed by atoms with Crippen LogP contribution in [0.4, 0.5) is 13.2 Å². The number of hydrogen-bond acceptors (Lipinski definition) is 9. The Balaban J connectivity index is 0.00000131. The van der Waals surface area contributed by atoms with Crippen LogP contribution < -0.4 is 26.8 Å². The average molecular weight is 766 g/mol. The molecule has 54 heavy (non-hydrogen) atoms. The first-order chi connectivity index (χ1) is 25.5. The second kappa shape index (κ2) is 21.7. The van der Waals surface area contributed by atoms with Crippen LogP contribution in [0, 0.1) is 5.41 Å². The van der Waals surface area contributed by atoms with Crippen molar-refractivity contribution < 1.29 is 56.9 Å². The molecule has 1 saturated heterocycles. The maximum Gasteiger partial charge on any atom is 0.490 e. The number of nitrogens with two attached hydrogens (primary N) is 2. The number of carbonyl (C=O) groups is 6. The topological polar surface area (TPSA) is 259 Å². The monoisotopic (exact) mass is 765 g/mol. The minimum absolute atomic E-state index is 0.0165. The van der Waals surface area contributed by atoms with Gasteiger partial charge in [-0.2, -0.15) is 13.2 Å². The van der Waals surface area contributed by atoms with E-state index in [-0.39, 0.29) is 49.8 Å². The lowest BCUT2D eigenvalue weighted by Crippen LogP contribution is -2.63. The van der Waals surface area contributed by atoms with Gasteiger partial charge in [0.05, 0.1) is 7.11 Å². The van der Waals surface area contributed by atoms with Gasteiger partial charge in [-0.05, 0) is 62.1 Å². The number of nitrogen functional groups attached to an aromatic ring is 1. The van der Waals surface area contributed by atoms with Gasteiger partial charge >= 0.3 is 18.1 Å². The number of ether oxygens (including phenoxy) is 1. The number of unbranched alkanes of at least 4 members (excludes halogenated alkanes) is 2. The molecule has 296 valence electrons. The zero-order chi connectivity index (χ0) is 40.4. The summed E-state index contributed by atoms with van der Waals surface area (Å²) in [6.07, 6.45) is -1.63. The smallest absolute Gasteiger partial charge is 0.490 e. The molecule has 0 radical (unpaired) electrons. The van der Waals surface area contributed by atoms with Gasteiger partial charge in [0.2, 0.25) is 17.7 Å². The molecule has 0 aromatic heterocycles. The minimum atomic E-state index is -5.08. The third-order valence-electron chi connectivity index (χ3n) is 8.18. The Morgan fingerprint density at radius 2 is 1.57 bits per heavy atom. The lowest BCUT2D eigenvalue weighted by atomic mass is 9.99. The molecule has 4 amide bonds. The normalized spacial score (nSPS) is 14.6. The van der Waals surface area contributed by atoms with E-state index in [9.17, 15) is 42.3 Å². The molecule has 2 aromatic rings. The maximum atomic E-state index is 14.2. The van der Waals surface area contributed by atoms with E-state index in [2.05, 4.69) is 10.6 Å².